The molecule has 26 heavy (non-hydrogen) atoms. The quantitative estimate of drug-likeness (QED) is 0.400. The van der Waals surface area contributed by atoms with Gasteiger partial charge in [-0.15, -0.1) is 0 Å². The summed E-state index contributed by atoms with van der Waals surface area (Å²) in [5, 5.41) is 2.27. The summed E-state index contributed by atoms with van der Waals surface area (Å²) in [4.78, 5) is 0. The number of benzene rings is 3. The molecule has 4 rings (SSSR count). The van der Waals surface area contributed by atoms with Crippen molar-refractivity contribution >= 4 is 21.8 Å². The van der Waals surface area contributed by atoms with Crippen LogP contribution in [0.15, 0.2) is 66.7 Å². The highest BCUT2D eigenvalue weighted by Crippen LogP contribution is 2.33. The van der Waals surface area contributed by atoms with E-state index in [0.717, 1.165) is 34.3 Å². The fourth-order valence-corrected chi connectivity index (χ4v) is 3.66. The zero-order valence-electron chi connectivity index (χ0n) is 14.3. The number of halogens is 3. The first kappa shape index (κ1) is 16.7. The van der Waals surface area contributed by atoms with Gasteiger partial charge in [0.05, 0.1) is 11.1 Å². The third-order valence-corrected chi connectivity index (χ3v) is 4.85. The number of nitrogens with zero attached hydrogens (tertiary/aromatic N) is 1. The molecule has 132 valence electrons. The fourth-order valence-electron chi connectivity index (χ4n) is 3.66. The highest BCUT2D eigenvalue weighted by Gasteiger charge is 2.30. The summed E-state index contributed by atoms with van der Waals surface area (Å²) >= 11 is 0. The van der Waals surface area contributed by atoms with Crippen LogP contribution in [0.2, 0.25) is 0 Å². The lowest BCUT2D eigenvalue weighted by Crippen LogP contribution is -2.07. The lowest BCUT2D eigenvalue weighted by Gasteiger charge is -2.12. The van der Waals surface area contributed by atoms with Crippen molar-refractivity contribution in [3.63, 3.8) is 0 Å². The summed E-state index contributed by atoms with van der Waals surface area (Å²) in [6.07, 6.45) is -3.46. The van der Waals surface area contributed by atoms with Gasteiger partial charge in [0.15, 0.2) is 0 Å². The van der Waals surface area contributed by atoms with Gasteiger partial charge in [-0.1, -0.05) is 55.5 Å². The molecule has 1 aromatic heterocycles. The molecule has 4 aromatic rings. The summed E-state index contributed by atoms with van der Waals surface area (Å²) in [6.45, 7) is 2.51. The maximum absolute atomic E-state index is 13.1. The van der Waals surface area contributed by atoms with Crippen molar-refractivity contribution in [1.29, 1.82) is 0 Å². The Bertz CT molecular complexity index is 1090. The summed E-state index contributed by atoms with van der Waals surface area (Å²) < 4.78 is 41.3. The Morgan fingerprint density at radius 2 is 1.58 bits per heavy atom. The van der Waals surface area contributed by atoms with E-state index in [1.54, 1.807) is 6.07 Å². The molecule has 0 atom stereocenters. The lowest BCUT2D eigenvalue weighted by atomic mass is 10.1. The SMILES string of the molecule is CCc1cccc2c3ccccc3n(Cc3cccc(C(F)(F)F)c3)c12. The van der Waals surface area contributed by atoms with Crippen molar-refractivity contribution in [2.45, 2.75) is 26.1 Å². The van der Waals surface area contributed by atoms with E-state index < -0.39 is 11.7 Å². The number of aromatic nitrogens is 1. The first-order chi connectivity index (χ1) is 12.5. The van der Waals surface area contributed by atoms with Crippen LogP contribution in [0.1, 0.15) is 23.6 Å². The second kappa shape index (κ2) is 6.20. The molecule has 0 aliphatic heterocycles. The van der Waals surface area contributed by atoms with Crippen LogP contribution in [0, 0.1) is 0 Å². The van der Waals surface area contributed by atoms with E-state index in [2.05, 4.69) is 29.7 Å². The van der Waals surface area contributed by atoms with E-state index in [0.29, 0.717) is 12.1 Å². The van der Waals surface area contributed by atoms with E-state index in [-0.39, 0.29) is 0 Å². The molecule has 0 amide bonds. The number of fused-ring (bicyclic) bond motifs is 3. The Labute approximate surface area is 149 Å². The zero-order chi connectivity index (χ0) is 18.3. The standard InChI is InChI=1S/C22H18F3N/c1-2-16-8-6-11-19-18-10-3-4-12-20(18)26(21(16)19)14-15-7-5-9-17(13-15)22(23,24)25/h3-13H,2,14H2,1H3. The number of hydrogen-bond donors (Lipinski definition) is 0. The summed E-state index contributed by atoms with van der Waals surface area (Å²) in [7, 11) is 0. The summed E-state index contributed by atoms with van der Waals surface area (Å²) in [6, 6.07) is 19.9. The average Bonchev–Trinajstić information content (AvgIpc) is 2.96. The molecule has 3 aromatic carbocycles. The zero-order valence-corrected chi connectivity index (χ0v) is 14.3. The monoisotopic (exact) mass is 353 g/mol. The number of aryl methyl sites for hydroxylation is 1. The smallest absolute Gasteiger partial charge is 0.336 e. The van der Waals surface area contributed by atoms with Crippen LogP contribution in [0.25, 0.3) is 21.8 Å². The van der Waals surface area contributed by atoms with Crippen molar-refractivity contribution in [3.05, 3.63) is 83.4 Å². The fraction of sp³-hybridized carbons (Fsp3) is 0.182. The third kappa shape index (κ3) is 2.75. The van der Waals surface area contributed by atoms with Gasteiger partial charge >= 0.3 is 6.18 Å². The van der Waals surface area contributed by atoms with Gasteiger partial charge in [-0.25, -0.2) is 0 Å². The van der Waals surface area contributed by atoms with Gasteiger partial charge < -0.3 is 4.57 Å². The van der Waals surface area contributed by atoms with Gasteiger partial charge in [0, 0.05) is 22.8 Å². The van der Waals surface area contributed by atoms with Crippen LogP contribution in [0.3, 0.4) is 0 Å². The topological polar surface area (TPSA) is 4.93 Å². The van der Waals surface area contributed by atoms with Gasteiger partial charge in [-0.2, -0.15) is 13.2 Å². The molecular formula is C22H18F3N. The molecule has 0 fully saturated rings. The van der Waals surface area contributed by atoms with Crippen LogP contribution in [0.4, 0.5) is 13.2 Å². The number of alkyl halides is 3. The average molecular weight is 353 g/mol. The van der Waals surface area contributed by atoms with Crippen LogP contribution in [-0.2, 0) is 19.1 Å². The third-order valence-electron chi connectivity index (χ3n) is 4.85. The minimum atomic E-state index is -4.33. The van der Waals surface area contributed by atoms with E-state index >= 15 is 0 Å². The minimum Gasteiger partial charge on any atom is -0.336 e. The summed E-state index contributed by atoms with van der Waals surface area (Å²) in [5.41, 5.74) is 3.39. The van der Waals surface area contributed by atoms with E-state index in [1.807, 2.05) is 24.3 Å². The number of hydrogen-bond acceptors (Lipinski definition) is 0. The highest BCUT2D eigenvalue weighted by molar-refractivity contribution is 6.09. The van der Waals surface area contributed by atoms with Gasteiger partial charge in [0.2, 0.25) is 0 Å². The molecule has 0 aliphatic carbocycles. The summed E-state index contributed by atoms with van der Waals surface area (Å²) in [5.74, 6) is 0. The van der Waals surface area contributed by atoms with E-state index in [1.165, 1.54) is 17.7 Å². The molecule has 0 saturated heterocycles. The molecule has 4 heteroatoms. The molecule has 0 unspecified atom stereocenters. The molecule has 0 radical (unpaired) electrons. The Morgan fingerprint density at radius 1 is 0.846 bits per heavy atom. The molecule has 0 aliphatic rings. The van der Waals surface area contributed by atoms with Crippen LogP contribution in [-0.4, -0.2) is 4.57 Å². The van der Waals surface area contributed by atoms with E-state index in [4.69, 9.17) is 0 Å². The van der Waals surface area contributed by atoms with Gasteiger partial charge in [-0.3, -0.25) is 0 Å². The molecule has 0 N–H and O–H groups in total. The molecule has 1 heterocycles. The van der Waals surface area contributed by atoms with Crippen molar-refractivity contribution in [2.75, 3.05) is 0 Å². The maximum Gasteiger partial charge on any atom is 0.416 e. The molecule has 0 spiro atoms. The van der Waals surface area contributed by atoms with Crippen LogP contribution >= 0.6 is 0 Å². The molecule has 0 saturated carbocycles. The van der Waals surface area contributed by atoms with Crippen molar-refractivity contribution < 1.29 is 13.2 Å². The maximum atomic E-state index is 13.1. The Hall–Kier alpha value is -2.75. The second-order valence-corrected chi connectivity index (χ2v) is 6.47. The Kier molecular flexibility index (Phi) is 3.98. The predicted molar refractivity (Wildman–Crippen MR) is 99.4 cm³/mol. The Morgan fingerprint density at radius 3 is 2.35 bits per heavy atom. The second-order valence-electron chi connectivity index (χ2n) is 6.47. The molecule has 0 bridgehead atoms. The lowest BCUT2D eigenvalue weighted by molar-refractivity contribution is -0.137. The van der Waals surface area contributed by atoms with Gasteiger partial charge in [-0.05, 0) is 35.7 Å². The minimum absolute atomic E-state index is 0.408. The highest BCUT2D eigenvalue weighted by atomic mass is 19.4. The van der Waals surface area contributed by atoms with Crippen molar-refractivity contribution in [3.8, 4) is 0 Å². The molecular weight excluding hydrogens is 335 g/mol. The van der Waals surface area contributed by atoms with Crippen LogP contribution in [0.5, 0.6) is 0 Å². The van der Waals surface area contributed by atoms with E-state index in [9.17, 15) is 13.2 Å². The van der Waals surface area contributed by atoms with Gasteiger partial charge in [0.25, 0.3) is 0 Å². The number of para-hydroxylation sites is 2. The van der Waals surface area contributed by atoms with Crippen molar-refractivity contribution in [2.24, 2.45) is 0 Å². The molecule has 1 nitrogen and oxygen atoms in total. The van der Waals surface area contributed by atoms with Gasteiger partial charge in [0.1, 0.15) is 0 Å². The first-order valence-electron chi connectivity index (χ1n) is 8.64. The van der Waals surface area contributed by atoms with Crippen LogP contribution < -0.4 is 0 Å². The first-order valence-corrected chi connectivity index (χ1v) is 8.64. The Balaban J connectivity index is 1.93. The largest absolute Gasteiger partial charge is 0.416 e. The normalized spacial score (nSPS) is 12.2. The van der Waals surface area contributed by atoms with Crippen molar-refractivity contribution in [1.82, 2.24) is 4.57 Å². The number of rotatable bonds is 3. The predicted octanol–water partition coefficient (Wildman–Crippen LogP) is 6.42.